The molecule has 8 heteroatoms. The molecule has 0 bridgehead atoms. The van der Waals surface area contributed by atoms with Crippen LogP contribution in [-0.2, 0) is 9.30 Å². The number of ether oxygens (including phenoxy) is 1. The molecule has 0 aromatic heterocycles. The first-order valence-electron chi connectivity index (χ1n) is 7.12. The Labute approximate surface area is 165 Å². The molecule has 0 radical (unpaired) electrons. The number of rotatable bonds is 3. The van der Waals surface area contributed by atoms with Crippen LogP contribution in [0.1, 0.15) is 40.2 Å². The standard InChI is InChI=1S/C16H23O5P.H3N.Na/c1-15(2,3)14-13(20-10-16(14,4)5)11-7-6-8-12(9-11)21-22(17,18)19;;/h6-9H,10H2,1-5H3,(H2,17,18,19);1H3;/q;;+1/p-1. The van der Waals surface area contributed by atoms with Crippen molar-refractivity contribution >= 4 is 13.6 Å². The minimum Gasteiger partial charge on any atom is -0.746 e. The van der Waals surface area contributed by atoms with E-state index in [4.69, 9.17) is 9.63 Å². The summed E-state index contributed by atoms with van der Waals surface area (Å²) < 4.78 is 21.3. The summed E-state index contributed by atoms with van der Waals surface area (Å²) in [5.74, 6) is 0.814. The van der Waals surface area contributed by atoms with E-state index in [9.17, 15) is 9.46 Å². The van der Waals surface area contributed by atoms with E-state index < -0.39 is 7.82 Å². The smallest absolute Gasteiger partial charge is 0.746 e. The zero-order valence-corrected chi connectivity index (χ0v) is 18.1. The molecule has 0 saturated carbocycles. The number of hydrogen-bond donors (Lipinski definition) is 2. The van der Waals surface area contributed by atoms with E-state index in [1.807, 2.05) is 6.07 Å². The van der Waals surface area contributed by atoms with Crippen LogP contribution in [0.4, 0.5) is 0 Å². The third-order valence-electron chi connectivity index (χ3n) is 3.55. The van der Waals surface area contributed by atoms with Gasteiger partial charge in [0.05, 0.1) is 6.61 Å². The topological polar surface area (TPSA) is 114 Å². The Hall–Kier alpha value is -0.330. The summed E-state index contributed by atoms with van der Waals surface area (Å²) in [4.78, 5) is 19.7. The molecular weight excluding hydrogens is 340 g/mol. The largest absolute Gasteiger partial charge is 1.00 e. The first kappa shape index (κ1) is 23.7. The van der Waals surface area contributed by atoms with Gasteiger partial charge in [0.25, 0.3) is 0 Å². The second-order valence-corrected chi connectivity index (χ2v) is 8.33. The maximum Gasteiger partial charge on any atom is 1.00 e. The van der Waals surface area contributed by atoms with Gasteiger partial charge in [0.15, 0.2) is 0 Å². The molecule has 2 rings (SSSR count). The van der Waals surface area contributed by atoms with Crippen LogP contribution in [0, 0.1) is 10.8 Å². The van der Waals surface area contributed by atoms with Crippen molar-refractivity contribution in [1.29, 1.82) is 0 Å². The van der Waals surface area contributed by atoms with Crippen LogP contribution in [0.15, 0.2) is 29.8 Å². The van der Waals surface area contributed by atoms with Crippen molar-refractivity contribution in [3.8, 4) is 5.75 Å². The molecule has 130 valence electrons. The number of phosphoric ester groups is 1. The maximum absolute atomic E-state index is 10.9. The summed E-state index contributed by atoms with van der Waals surface area (Å²) in [6, 6.07) is 6.54. The molecule has 6 nitrogen and oxygen atoms in total. The number of benzene rings is 1. The van der Waals surface area contributed by atoms with E-state index in [0.717, 1.165) is 11.3 Å². The number of phosphoric acid groups is 1. The molecule has 1 aromatic rings. The first-order chi connectivity index (χ1) is 9.90. The van der Waals surface area contributed by atoms with E-state index in [1.165, 1.54) is 11.6 Å². The molecule has 24 heavy (non-hydrogen) atoms. The predicted octanol–water partition coefficient (Wildman–Crippen LogP) is 0.506. The molecule has 0 saturated heterocycles. The quantitative estimate of drug-likeness (QED) is 0.596. The molecule has 4 N–H and O–H groups in total. The van der Waals surface area contributed by atoms with Crippen molar-refractivity contribution < 1.29 is 53.2 Å². The molecular formula is C16H25NNaO5P. The van der Waals surface area contributed by atoms with Gasteiger partial charge in [-0.25, -0.2) is 0 Å². The van der Waals surface area contributed by atoms with Gasteiger partial charge < -0.3 is 25.2 Å². The molecule has 1 atom stereocenters. The predicted molar refractivity (Wildman–Crippen MR) is 88.0 cm³/mol. The van der Waals surface area contributed by atoms with Crippen molar-refractivity contribution in [2.45, 2.75) is 34.6 Å². The third kappa shape index (κ3) is 5.60. The van der Waals surface area contributed by atoms with Crippen molar-refractivity contribution in [2.75, 3.05) is 6.61 Å². The summed E-state index contributed by atoms with van der Waals surface area (Å²) >= 11 is 0. The van der Waals surface area contributed by atoms with Crippen molar-refractivity contribution in [1.82, 2.24) is 6.15 Å². The Morgan fingerprint density at radius 1 is 1.33 bits per heavy atom. The summed E-state index contributed by atoms with van der Waals surface area (Å²) in [5.41, 5.74) is 1.72. The van der Waals surface area contributed by atoms with Gasteiger partial charge in [-0.05, 0) is 23.1 Å². The fraction of sp³-hybridized carbons (Fsp3) is 0.500. The SMILES string of the molecule is CC(C)(C)C1=C(c2cccc(OP(=O)([O-])O)c2)OCC1(C)C.N.[Na+]. The molecule has 1 unspecified atom stereocenters. The first-order valence-corrected chi connectivity index (χ1v) is 8.62. The van der Waals surface area contributed by atoms with Gasteiger partial charge in [0, 0.05) is 11.0 Å². The van der Waals surface area contributed by atoms with Crippen LogP contribution in [0.5, 0.6) is 5.75 Å². The van der Waals surface area contributed by atoms with Crippen molar-refractivity contribution in [3.05, 3.63) is 35.4 Å². The van der Waals surface area contributed by atoms with Gasteiger partial charge in [-0.2, -0.15) is 0 Å². The van der Waals surface area contributed by atoms with Gasteiger partial charge in [-0.15, -0.1) is 0 Å². The molecule has 1 aliphatic rings. The van der Waals surface area contributed by atoms with Gasteiger partial charge in [0.2, 0.25) is 0 Å². The minimum absolute atomic E-state index is 0. The van der Waals surface area contributed by atoms with E-state index in [-0.39, 0.29) is 52.3 Å². The zero-order chi connectivity index (χ0) is 16.8. The Kier molecular flexibility index (Phi) is 7.81. The van der Waals surface area contributed by atoms with Crippen LogP contribution in [0.25, 0.3) is 5.76 Å². The van der Waals surface area contributed by atoms with E-state index in [1.54, 1.807) is 12.1 Å². The second kappa shape index (κ2) is 7.92. The molecule has 0 aliphatic carbocycles. The summed E-state index contributed by atoms with van der Waals surface area (Å²) in [6.45, 7) is 11.2. The monoisotopic (exact) mass is 365 g/mol. The van der Waals surface area contributed by atoms with E-state index in [2.05, 4.69) is 39.1 Å². The molecule has 0 amide bonds. The summed E-state index contributed by atoms with van der Waals surface area (Å²) in [7, 11) is -4.82. The normalized spacial score (nSPS) is 18.8. The van der Waals surface area contributed by atoms with Crippen molar-refractivity contribution in [2.24, 2.45) is 10.8 Å². The van der Waals surface area contributed by atoms with Crippen LogP contribution in [0.2, 0.25) is 0 Å². The maximum atomic E-state index is 10.9. The minimum atomic E-state index is -4.82. The number of hydrogen-bond acceptors (Lipinski definition) is 5. The Morgan fingerprint density at radius 2 is 1.92 bits per heavy atom. The van der Waals surface area contributed by atoms with Gasteiger partial charge in [0.1, 0.15) is 11.5 Å². The molecule has 1 heterocycles. The third-order valence-corrected chi connectivity index (χ3v) is 3.99. The Morgan fingerprint density at radius 3 is 2.42 bits per heavy atom. The molecule has 0 fully saturated rings. The Bertz CT molecular complexity index is 661. The van der Waals surface area contributed by atoms with E-state index >= 15 is 0 Å². The van der Waals surface area contributed by atoms with E-state index in [0.29, 0.717) is 6.61 Å². The van der Waals surface area contributed by atoms with Crippen LogP contribution in [-0.4, -0.2) is 11.5 Å². The van der Waals surface area contributed by atoms with Crippen LogP contribution < -0.4 is 45.1 Å². The summed E-state index contributed by atoms with van der Waals surface area (Å²) in [5, 5.41) is 0. The average Bonchev–Trinajstić information content (AvgIpc) is 2.62. The van der Waals surface area contributed by atoms with Crippen LogP contribution in [0.3, 0.4) is 0 Å². The zero-order valence-electron chi connectivity index (χ0n) is 15.3. The van der Waals surface area contributed by atoms with Gasteiger partial charge in [-0.3, -0.25) is 4.57 Å². The molecule has 0 spiro atoms. The average molecular weight is 365 g/mol. The van der Waals surface area contributed by atoms with Gasteiger partial charge in [-0.1, -0.05) is 46.8 Å². The fourth-order valence-corrected chi connectivity index (χ4v) is 3.50. The van der Waals surface area contributed by atoms with Gasteiger partial charge >= 0.3 is 37.4 Å². The second-order valence-electron chi connectivity index (χ2n) is 7.21. The fourth-order valence-electron chi connectivity index (χ4n) is 3.12. The molecule has 1 aliphatic heterocycles. The molecule has 1 aromatic carbocycles. The van der Waals surface area contributed by atoms with Crippen LogP contribution >= 0.6 is 7.82 Å². The Balaban J connectivity index is 0.00000264. The van der Waals surface area contributed by atoms with Crippen molar-refractivity contribution in [3.63, 3.8) is 0 Å². The summed E-state index contributed by atoms with van der Waals surface area (Å²) in [6.07, 6.45) is 0.